The fraction of sp³-hybridized carbons (Fsp3) is 0.133. The van der Waals surface area contributed by atoms with E-state index in [1.54, 1.807) is 36.4 Å². The number of phenols is 1. The van der Waals surface area contributed by atoms with Crippen molar-refractivity contribution in [1.82, 2.24) is 0 Å². The number of nitrogen functional groups attached to an aromatic ring is 1. The van der Waals surface area contributed by atoms with E-state index in [0.717, 1.165) is 11.1 Å². The summed E-state index contributed by atoms with van der Waals surface area (Å²) in [4.78, 5) is 11.9. The van der Waals surface area contributed by atoms with Crippen LogP contribution in [0.2, 0.25) is 0 Å². The van der Waals surface area contributed by atoms with Gasteiger partial charge in [-0.25, -0.2) is 4.79 Å². The molecule has 4 nitrogen and oxygen atoms in total. The van der Waals surface area contributed by atoms with Crippen LogP contribution in [-0.4, -0.2) is 11.1 Å². The molecule has 0 bridgehead atoms. The molecule has 0 unspecified atom stereocenters. The standard InChI is InChI=1S/C15H15NO3/c1-10-3-2-4-13(14(10)16)15(18)19-9-11-5-7-12(17)8-6-11/h2-8,17H,9,16H2,1H3. The Hall–Kier alpha value is -2.49. The number of hydrogen-bond acceptors (Lipinski definition) is 4. The number of benzene rings is 2. The minimum absolute atomic E-state index is 0.145. The molecule has 4 heteroatoms. The fourth-order valence-electron chi connectivity index (χ4n) is 1.68. The van der Waals surface area contributed by atoms with E-state index in [0.29, 0.717) is 11.3 Å². The molecule has 0 radical (unpaired) electrons. The van der Waals surface area contributed by atoms with Gasteiger partial charge < -0.3 is 15.6 Å². The zero-order chi connectivity index (χ0) is 13.8. The zero-order valence-corrected chi connectivity index (χ0v) is 10.6. The highest BCUT2D eigenvalue weighted by molar-refractivity contribution is 5.95. The molecular formula is C15H15NO3. The van der Waals surface area contributed by atoms with Gasteiger partial charge in [0.05, 0.1) is 5.56 Å². The highest BCUT2D eigenvalue weighted by Gasteiger charge is 2.12. The van der Waals surface area contributed by atoms with E-state index in [1.807, 2.05) is 13.0 Å². The third-order valence-electron chi connectivity index (χ3n) is 2.85. The second kappa shape index (κ2) is 5.44. The third-order valence-corrected chi connectivity index (χ3v) is 2.85. The molecule has 0 atom stereocenters. The summed E-state index contributed by atoms with van der Waals surface area (Å²) in [5.74, 6) is -0.271. The number of carbonyl (C=O) groups excluding carboxylic acids is 1. The number of phenolic OH excluding ortho intramolecular Hbond substituents is 1. The monoisotopic (exact) mass is 257 g/mol. The molecule has 0 aromatic heterocycles. The zero-order valence-electron chi connectivity index (χ0n) is 10.6. The maximum atomic E-state index is 11.9. The van der Waals surface area contributed by atoms with Crippen LogP contribution in [0.25, 0.3) is 0 Å². The van der Waals surface area contributed by atoms with Crippen LogP contribution in [0.5, 0.6) is 5.75 Å². The average molecular weight is 257 g/mol. The van der Waals surface area contributed by atoms with Crippen LogP contribution in [0.3, 0.4) is 0 Å². The molecule has 19 heavy (non-hydrogen) atoms. The van der Waals surface area contributed by atoms with Crippen LogP contribution < -0.4 is 5.73 Å². The van der Waals surface area contributed by atoms with Gasteiger partial charge in [-0.3, -0.25) is 0 Å². The average Bonchev–Trinajstić information content (AvgIpc) is 2.41. The second-order valence-corrected chi connectivity index (χ2v) is 4.28. The number of hydrogen-bond donors (Lipinski definition) is 2. The van der Waals surface area contributed by atoms with Crippen LogP contribution in [0.1, 0.15) is 21.5 Å². The number of rotatable bonds is 3. The first-order chi connectivity index (χ1) is 9.08. The number of nitrogens with two attached hydrogens (primary N) is 1. The number of ether oxygens (including phenoxy) is 1. The van der Waals surface area contributed by atoms with E-state index in [-0.39, 0.29) is 12.4 Å². The first-order valence-corrected chi connectivity index (χ1v) is 5.88. The topological polar surface area (TPSA) is 72.5 Å². The van der Waals surface area contributed by atoms with Crippen molar-refractivity contribution in [3.05, 3.63) is 59.2 Å². The van der Waals surface area contributed by atoms with Gasteiger partial charge in [0.25, 0.3) is 0 Å². The van der Waals surface area contributed by atoms with E-state index in [2.05, 4.69) is 0 Å². The summed E-state index contributed by atoms with van der Waals surface area (Å²) in [7, 11) is 0. The third kappa shape index (κ3) is 3.04. The molecule has 0 aliphatic heterocycles. The van der Waals surface area contributed by atoms with Crippen molar-refractivity contribution >= 4 is 11.7 Å². The molecule has 2 aromatic carbocycles. The van der Waals surface area contributed by atoms with E-state index in [1.165, 1.54) is 0 Å². The van der Waals surface area contributed by atoms with Crippen molar-refractivity contribution in [2.45, 2.75) is 13.5 Å². The molecule has 0 heterocycles. The lowest BCUT2D eigenvalue weighted by molar-refractivity contribution is 0.0474. The second-order valence-electron chi connectivity index (χ2n) is 4.28. The van der Waals surface area contributed by atoms with E-state index in [9.17, 15) is 4.79 Å². The number of carbonyl (C=O) groups is 1. The first kappa shape index (κ1) is 13.0. The number of esters is 1. The molecule has 0 aliphatic rings. The van der Waals surface area contributed by atoms with Gasteiger partial charge in [0, 0.05) is 5.69 Å². The Balaban J connectivity index is 2.05. The Labute approximate surface area is 111 Å². The van der Waals surface area contributed by atoms with Gasteiger partial charge in [0.15, 0.2) is 0 Å². The molecule has 0 aliphatic carbocycles. The largest absolute Gasteiger partial charge is 0.508 e. The Kier molecular flexibility index (Phi) is 3.71. The van der Waals surface area contributed by atoms with Gasteiger partial charge in [-0.1, -0.05) is 24.3 Å². The van der Waals surface area contributed by atoms with Crippen LogP contribution in [0.15, 0.2) is 42.5 Å². The Morgan fingerprint density at radius 1 is 1.21 bits per heavy atom. The van der Waals surface area contributed by atoms with Gasteiger partial charge in [0.2, 0.25) is 0 Å². The molecule has 0 saturated carbocycles. The van der Waals surface area contributed by atoms with Crippen molar-refractivity contribution in [3.8, 4) is 5.75 Å². The number of para-hydroxylation sites is 1. The normalized spacial score (nSPS) is 10.2. The highest BCUT2D eigenvalue weighted by atomic mass is 16.5. The molecule has 2 rings (SSSR count). The lowest BCUT2D eigenvalue weighted by Crippen LogP contribution is -2.09. The summed E-state index contributed by atoms with van der Waals surface area (Å²) in [6.07, 6.45) is 0. The minimum Gasteiger partial charge on any atom is -0.508 e. The minimum atomic E-state index is -0.450. The van der Waals surface area contributed by atoms with E-state index >= 15 is 0 Å². The summed E-state index contributed by atoms with van der Waals surface area (Å²) < 4.78 is 5.19. The van der Waals surface area contributed by atoms with E-state index in [4.69, 9.17) is 15.6 Å². The molecule has 0 amide bonds. The highest BCUT2D eigenvalue weighted by Crippen LogP contribution is 2.18. The van der Waals surface area contributed by atoms with E-state index < -0.39 is 5.97 Å². The fourth-order valence-corrected chi connectivity index (χ4v) is 1.68. The predicted octanol–water partition coefficient (Wildman–Crippen LogP) is 2.64. The van der Waals surface area contributed by atoms with Crippen molar-refractivity contribution < 1.29 is 14.6 Å². The lowest BCUT2D eigenvalue weighted by atomic mass is 10.1. The van der Waals surface area contributed by atoms with Crippen LogP contribution in [0, 0.1) is 6.92 Å². The van der Waals surface area contributed by atoms with Gasteiger partial charge in [0.1, 0.15) is 12.4 Å². The van der Waals surface area contributed by atoms with Gasteiger partial charge in [-0.15, -0.1) is 0 Å². The van der Waals surface area contributed by atoms with Gasteiger partial charge >= 0.3 is 5.97 Å². The predicted molar refractivity (Wildman–Crippen MR) is 72.8 cm³/mol. The van der Waals surface area contributed by atoms with Crippen molar-refractivity contribution in [2.75, 3.05) is 5.73 Å². The summed E-state index contributed by atoms with van der Waals surface area (Å²) >= 11 is 0. The molecule has 0 fully saturated rings. The van der Waals surface area contributed by atoms with Gasteiger partial charge in [-0.2, -0.15) is 0 Å². The number of anilines is 1. The van der Waals surface area contributed by atoms with Gasteiger partial charge in [-0.05, 0) is 36.2 Å². The summed E-state index contributed by atoms with van der Waals surface area (Å²) in [6, 6.07) is 11.7. The molecule has 0 saturated heterocycles. The van der Waals surface area contributed by atoms with Crippen LogP contribution in [-0.2, 0) is 11.3 Å². The smallest absolute Gasteiger partial charge is 0.340 e. The van der Waals surface area contributed by atoms with Crippen LogP contribution >= 0.6 is 0 Å². The molecule has 2 aromatic rings. The molecular weight excluding hydrogens is 242 g/mol. The van der Waals surface area contributed by atoms with Crippen molar-refractivity contribution in [2.24, 2.45) is 0 Å². The van der Waals surface area contributed by atoms with Crippen LogP contribution in [0.4, 0.5) is 5.69 Å². The quantitative estimate of drug-likeness (QED) is 0.655. The molecule has 0 spiro atoms. The number of aryl methyl sites for hydroxylation is 1. The Morgan fingerprint density at radius 3 is 2.58 bits per heavy atom. The van der Waals surface area contributed by atoms with Crippen molar-refractivity contribution in [3.63, 3.8) is 0 Å². The van der Waals surface area contributed by atoms with Crippen molar-refractivity contribution in [1.29, 1.82) is 0 Å². The Bertz CT molecular complexity index is 591. The number of aromatic hydroxyl groups is 1. The maximum Gasteiger partial charge on any atom is 0.340 e. The lowest BCUT2D eigenvalue weighted by Gasteiger charge is -2.08. The Morgan fingerprint density at radius 2 is 1.89 bits per heavy atom. The molecule has 3 N–H and O–H groups in total. The summed E-state index contributed by atoms with van der Waals surface area (Å²) in [5, 5.41) is 9.15. The maximum absolute atomic E-state index is 11.9. The SMILES string of the molecule is Cc1cccc(C(=O)OCc2ccc(O)cc2)c1N. The summed E-state index contributed by atoms with van der Waals surface area (Å²) in [5.41, 5.74) is 8.30. The summed E-state index contributed by atoms with van der Waals surface area (Å²) in [6.45, 7) is 1.98. The first-order valence-electron chi connectivity index (χ1n) is 5.88. The molecule has 98 valence electrons.